The first-order chi connectivity index (χ1) is 17.9. The summed E-state index contributed by atoms with van der Waals surface area (Å²) in [5.74, 6) is 0.304. The second kappa shape index (κ2) is 10.5. The van der Waals surface area contributed by atoms with Crippen LogP contribution in [0.2, 0.25) is 0 Å². The summed E-state index contributed by atoms with van der Waals surface area (Å²) in [6.07, 6.45) is 0.851. The number of carbonyl (C=O) groups is 1. The molecule has 2 aliphatic heterocycles. The van der Waals surface area contributed by atoms with Crippen LogP contribution in [0.5, 0.6) is 0 Å². The third-order valence-electron chi connectivity index (χ3n) is 7.06. The van der Waals surface area contributed by atoms with Crippen LogP contribution in [0.4, 0.5) is 5.69 Å². The van der Waals surface area contributed by atoms with Gasteiger partial charge in [-0.3, -0.25) is 9.69 Å². The molecule has 0 bridgehead atoms. The van der Waals surface area contributed by atoms with Crippen molar-refractivity contribution in [2.24, 2.45) is 4.40 Å². The lowest BCUT2D eigenvalue weighted by Crippen LogP contribution is -2.49. The predicted octanol–water partition coefficient (Wildman–Crippen LogP) is 4.57. The molecule has 3 aromatic rings. The number of rotatable bonds is 6. The topological polar surface area (TPSA) is 73.3 Å². The minimum atomic E-state index is -3.84. The highest BCUT2D eigenvalue weighted by Gasteiger charge is 2.32. The molecule has 2 heterocycles. The number of fused-ring (bicyclic) bond motifs is 1. The van der Waals surface area contributed by atoms with Gasteiger partial charge in [0.15, 0.2) is 0 Å². The van der Waals surface area contributed by atoms with Gasteiger partial charge in [-0.15, -0.1) is 4.40 Å². The van der Waals surface area contributed by atoms with Crippen molar-refractivity contribution >= 4 is 27.5 Å². The molecule has 0 aromatic heterocycles. The van der Waals surface area contributed by atoms with Gasteiger partial charge in [-0.2, -0.15) is 8.42 Å². The molecule has 1 amide bonds. The van der Waals surface area contributed by atoms with E-state index in [0.717, 1.165) is 19.5 Å². The highest BCUT2D eigenvalue weighted by Crippen LogP contribution is 2.34. The normalized spacial score (nSPS) is 17.4. The lowest BCUT2D eigenvalue weighted by Gasteiger charge is -2.40. The van der Waals surface area contributed by atoms with E-state index in [-0.39, 0.29) is 16.8 Å². The van der Waals surface area contributed by atoms with Gasteiger partial charge in [-0.05, 0) is 42.7 Å². The van der Waals surface area contributed by atoms with E-state index in [1.807, 2.05) is 28.9 Å². The van der Waals surface area contributed by atoms with E-state index in [2.05, 4.69) is 57.8 Å². The number of benzene rings is 3. The van der Waals surface area contributed by atoms with E-state index >= 15 is 0 Å². The highest BCUT2D eigenvalue weighted by atomic mass is 32.2. The molecular weight excluding hydrogens is 484 g/mol. The number of carbonyl (C=O) groups excluding carboxylic acids is 1. The second-order valence-electron chi connectivity index (χ2n) is 9.50. The first-order valence-electron chi connectivity index (χ1n) is 12.8. The maximum Gasteiger partial charge on any atom is 0.286 e. The SMILES string of the molecule is CCCN1C(C)=NS(=O)(=O)c2cc(C(=O)N3CCN(C(c4ccccc4)c4ccccc4)CC3)ccc21. The van der Waals surface area contributed by atoms with Crippen LogP contribution in [0.3, 0.4) is 0 Å². The summed E-state index contributed by atoms with van der Waals surface area (Å²) in [4.78, 5) is 19.7. The van der Waals surface area contributed by atoms with Crippen molar-refractivity contribution in [2.75, 3.05) is 37.6 Å². The van der Waals surface area contributed by atoms with Gasteiger partial charge in [-0.25, -0.2) is 0 Å². The third kappa shape index (κ3) is 5.04. The van der Waals surface area contributed by atoms with E-state index < -0.39 is 10.0 Å². The highest BCUT2D eigenvalue weighted by molar-refractivity contribution is 7.90. The van der Waals surface area contributed by atoms with Crippen molar-refractivity contribution in [3.63, 3.8) is 0 Å². The zero-order valence-electron chi connectivity index (χ0n) is 21.2. The molecule has 3 aromatic carbocycles. The van der Waals surface area contributed by atoms with Crippen molar-refractivity contribution in [1.82, 2.24) is 9.80 Å². The van der Waals surface area contributed by atoms with Crippen LogP contribution >= 0.6 is 0 Å². The minimum absolute atomic E-state index is 0.101. The van der Waals surface area contributed by atoms with Gasteiger partial charge in [0.2, 0.25) is 0 Å². The summed E-state index contributed by atoms with van der Waals surface area (Å²) in [6.45, 7) is 6.97. The molecule has 0 aliphatic carbocycles. The van der Waals surface area contributed by atoms with E-state index in [9.17, 15) is 13.2 Å². The molecular formula is C29H32N4O3S. The van der Waals surface area contributed by atoms with Gasteiger partial charge in [0.25, 0.3) is 15.9 Å². The molecule has 0 spiro atoms. The maximum absolute atomic E-state index is 13.4. The van der Waals surface area contributed by atoms with Gasteiger partial charge in [0.05, 0.1) is 11.7 Å². The Balaban J connectivity index is 1.35. The Bertz CT molecular complexity index is 1360. The number of hydrogen-bond acceptors (Lipinski definition) is 5. The van der Waals surface area contributed by atoms with Crippen molar-refractivity contribution in [1.29, 1.82) is 0 Å². The van der Waals surface area contributed by atoms with Crippen LogP contribution in [-0.4, -0.2) is 62.7 Å². The number of sulfonamides is 1. The molecule has 1 fully saturated rings. The average Bonchev–Trinajstić information content (AvgIpc) is 2.92. The van der Waals surface area contributed by atoms with Crippen LogP contribution in [0.15, 0.2) is 88.2 Å². The van der Waals surface area contributed by atoms with Gasteiger partial charge in [0, 0.05) is 38.3 Å². The van der Waals surface area contributed by atoms with Gasteiger partial charge in [-0.1, -0.05) is 67.6 Å². The molecule has 7 nitrogen and oxygen atoms in total. The summed E-state index contributed by atoms with van der Waals surface area (Å²) in [6, 6.07) is 26.0. The van der Waals surface area contributed by atoms with Crippen molar-refractivity contribution in [3.8, 4) is 0 Å². The smallest absolute Gasteiger partial charge is 0.286 e. The lowest BCUT2D eigenvalue weighted by atomic mass is 9.96. The fraction of sp³-hybridized carbons (Fsp3) is 0.310. The zero-order valence-corrected chi connectivity index (χ0v) is 22.1. The summed E-state index contributed by atoms with van der Waals surface area (Å²) >= 11 is 0. The molecule has 0 unspecified atom stereocenters. The molecule has 2 aliphatic rings. The molecule has 0 radical (unpaired) electrons. The standard InChI is InChI=1S/C29H32N4O3S/c1-3-16-33-22(2)30-37(35,36)27-21-25(14-15-26(27)33)29(34)32-19-17-31(18-20-32)28(23-10-6-4-7-11-23)24-12-8-5-9-13-24/h4-15,21,28H,3,16-20H2,1-2H3. The Morgan fingerprint density at radius 1 is 0.892 bits per heavy atom. The predicted molar refractivity (Wildman–Crippen MR) is 147 cm³/mol. The van der Waals surface area contributed by atoms with Crippen molar-refractivity contribution in [2.45, 2.75) is 31.2 Å². The molecule has 192 valence electrons. The summed E-state index contributed by atoms with van der Waals surface area (Å²) < 4.78 is 29.6. The van der Waals surface area contributed by atoms with Crippen LogP contribution in [0.1, 0.15) is 47.8 Å². The Morgan fingerprint density at radius 3 is 2.05 bits per heavy atom. The summed E-state index contributed by atoms with van der Waals surface area (Å²) in [5.41, 5.74) is 3.41. The van der Waals surface area contributed by atoms with E-state index in [4.69, 9.17) is 0 Å². The molecule has 37 heavy (non-hydrogen) atoms. The molecule has 5 rings (SSSR count). The summed E-state index contributed by atoms with van der Waals surface area (Å²) in [5, 5.41) is 0. The van der Waals surface area contributed by atoms with E-state index in [1.165, 1.54) is 17.2 Å². The van der Waals surface area contributed by atoms with E-state index in [1.54, 1.807) is 19.1 Å². The lowest BCUT2D eigenvalue weighted by molar-refractivity contribution is 0.0597. The Labute approximate surface area is 219 Å². The molecule has 0 atom stereocenters. The second-order valence-corrected chi connectivity index (χ2v) is 11.1. The molecule has 0 N–H and O–H groups in total. The van der Waals surface area contributed by atoms with Crippen LogP contribution < -0.4 is 4.90 Å². The zero-order chi connectivity index (χ0) is 26.0. The third-order valence-corrected chi connectivity index (χ3v) is 8.45. The van der Waals surface area contributed by atoms with Gasteiger partial charge < -0.3 is 9.80 Å². The molecule has 8 heteroatoms. The monoisotopic (exact) mass is 516 g/mol. The maximum atomic E-state index is 13.4. The van der Waals surface area contributed by atoms with Crippen LogP contribution in [0, 0.1) is 0 Å². The quantitative estimate of drug-likeness (QED) is 0.480. The van der Waals surface area contributed by atoms with Crippen LogP contribution in [0.25, 0.3) is 0 Å². The average molecular weight is 517 g/mol. The number of piperazine rings is 1. The number of nitrogens with zero attached hydrogens (tertiary/aromatic N) is 4. The van der Waals surface area contributed by atoms with Crippen LogP contribution in [-0.2, 0) is 10.0 Å². The fourth-order valence-electron chi connectivity index (χ4n) is 5.28. The Hall–Kier alpha value is -3.49. The minimum Gasteiger partial charge on any atom is -0.336 e. The van der Waals surface area contributed by atoms with Gasteiger partial charge >= 0.3 is 0 Å². The first-order valence-corrected chi connectivity index (χ1v) is 14.2. The Kier molecular flexibility index (Phi) is 7.13. The largest absolute Gasteiger partial charge is 0.336 e. The summed E-state index contributed by atoms with van der Waals surface area (Å²) in [7, 11) is -3.84. The number of amides is 1. The fourth-order valence-corrected chi connectivity index (χ4v) is 6.54. The molecule has 1 saturated heterocycles. The molecule has 0 saturated carbocycles. The Morgan fingerprint density at radius 2 is 1.49 bits per heavy atom. The van der Waals surface area contributed by atoms with Crippen molar-refractivity contribution in [3.05, 3.63) is 95.6 Å². The van der Waals surface area contributed by atoms with Crippen molar-refractivity contribution < 1.29 is 13.2 Å². The number of amidine groups is 1. The number of anilines is 1. The van der Waals surface area contributed by atoms with E-state index in [0.29, 0.717) is 36.7 Å². The van der Waals surface area contributed by atoms with Gasteiger partial charge in [0.1, 0.15) is 10.7 Å². The number of hydrogen-bond donors (Lipinski definition) is 0. The first kappa shape index (κ1) is 25.2.